The summed E-state index contributed by atoms with van der Waals surface area (Å²) < 4.78 is 10.4. The van der Waals surface area contributed by atoms with Crippen LogP contribution in [0.4, 0.5) is 0 Å². The monoisotopic (exact) mass is 222 g/mol. The summed E-state index contributed by atoms with van der Waals surface area (Å²) in [5.74, 6) is 1.38. The average Bonchev–Trinajstić information content (AvgIpc) is 2.20. The third-order valence-electron chi connectivity index (χ3n) is 2.47. The van der Waals surface area contributed by atoms with E-state index < -0.39 is 0 Å². The maximum absolute atomic E-state index is 11.0. The highest BCUT2D eigenvalue weighted by Crippen LogP contribution is 2.32. The summed E-state index contributed by atoms with van der Waals surface area (Å²) in [6, 6.07) is 3.87. The minimum Gasteiger partial charge on any atom is -0.496 e. The topological polar surface area (TPSA) is 35.5 Å². The van der Waals surface area contributed by atoms with Gasteiger partial charge >= 0.3 is 5.97 Å². The predicted molar refractivity (Wildman–Crippen MR) is 63.1 cm³/mol. The fourth-order valence-electron chi connectivity index (χ4n) is 1.49. The van der Waals surface area contributed by atoms with Gasteiger partial charge in [-0.1, -0.05) is 13.8 Å². The molecule has 0 amide bonds. The first kappa shape index (κ1) is 12.6. The second-order valence-corrected chi connectivity index (χ2v) is 4.09. The molecule has 0 N–H and O–H groups in total. The molecule has 0 saturated carbocycles. The fraction of sp³-hybridized carbons (Fsp3) is 0.462. The number of carbonyl (C=O) groups is 1. The predicted octanol–water partition coefficient (Wildman–Crippen LogP) is 3.05. The lowest BCUT2D eigenvalue weighted by Crippen LogP contribution is -2.05. The number of ether oxygens (including phenoxy) is 2. The highest BCUT2D eigenvalue weighted by Gasteiger charge is 2.12. The molecule has 1 aromatic rings. The molecule has 0 atom stereocenters. The molecular formula is C13H18O3. The van der Waals surface area contributed by atoms with Crippen LogP contribution in [-0.4, -0.2) is 13.1 Å². The Labute approximate surface area is 96.4 Å². The van der Waals surface area contributed by atoms with Crippen LogP contribution in [0.2, 0.25) is 0 Å². The van der Waals surface area contributed by atoms with Crippen LogP contribution in [0.1, 0.15) is 37.8 Å². The SMILES string of the molecule is COc1cc(C(C)C)cc(OC(C)=O)c1C. The van der Waals surface area contributed by atoms with E-state index in [2.05, 4.69) is 13.8 Å². The summed E-state index contributed by atoms with van der Waals surface area (Å²) in [6.07, 6.45) is 0. The van der Waals surface area contributed by atoms with E-state index in [-0.39, 0.29) is 5.97 Å². The lowest BCUT2D eigenvalue weighted by Gasteiger charge is -2.14. The average molecular weight is 222 g/mol. The van der Waals surface area contributed by atoms with E-state index in [9.17, 15) is 4.79 Å². The van der Waals surface area contributed by atoms with Crippen LogP contribution < -0.4 is 9.47 Å². The van der Waals surface area contributed by atoms with Crippen LogP contribution in [0.3, 0.4) is 0 Å². The van der Waals surface area contributed by atoms with Gasteiger partial charge in [0.1, 0.15) is 11.5 Å². The normalized spacial score (nSPS) is 10.4. The molecule has 0 aliphatic heterocycles. The first-order chi connectivity index (χ1) is 7.45. The molecule has 0 unspecified atom stereocenters. The molecule has 16 heavy (non-hydrogen) atoms. The van der Waals surface area contributed by atoms with Gasteiger partial charge in [-0.25, -0.2) is 0 Å². The maximum atomic E-state index is 11.0. The van der Waals surface area contributed by atoms with Crippen LogP contribution in [0.15, 0.2) is 12.1 Å². The molecule has 0 heterocycles. The summed E-state index contributed by atoms with van der Waals surface area (Å²) in [6.45, 7) is 7.44. The summed E-state index contributed by atoms with van der Waals surface area (Å²) in [5.41, 5.74) is 1.95. The van der Waals surface area contributed by atoms with Gasteiger partial charge < -0.3 is 9.47 Å². The van der Waals surface area contributed by atoms with Crippen molar-refractivity contribution in [1.82, 2.24) is 0 Å². The largest absolute Gasteiger partial charge is 0.496 e. The van der Waals surface area contributed by atoms with E-state index in [0.717, 1.165) is 16.9 Å². The quantitative estimate of drug-likeness (QED) is 0.582. The molecule has 0 aliphatic carbocycles. The lowest BCUT2D eigenvalue weighted by atomic mass is 10.0. The number of methoxy groups -OCH3 is 1. The molecule has 0 radical (unpaired) electrons. The van der Waals surface area contributed by atoms with Crippen molar-refractivity contribution in [2.45, 2.75) is 33.6 Å². The first-order valence-electron chi connectivity index (χ1n) is 5.32. The minimum atomic E-state index is -0.314. The van der Waals surface area contributed by atoms with Gasteiger partial charge in [0.2, 0.25) is 0 Å². The van der Waals surface area contributed by atoms with Gasteiger partial charge in [0.25, 0.3) is 0 Å². The van der Waals surface area contributed by atoms with Gasteiger partial charge in [0.15, 0.2) is 0 Å². The van der Waals surface area contributed by atoms with Crippen LogP contribution in [0.5, 0.6) is 11.5 Å². The van der Waals surface area contributed by atoms with E-state index in [0.29, 0.717) is 11.7 Å². The summed E-state index contributed by atoms with van der Waals surface area (Å²) in [7, 11) is 1.62. The van der Waals surface area contributed by atoms with Gasteiger partial charge in [-0.05, 0) is 30.5 Å². The number of rotatable bonds is 3. The Morgan fingerprint density at radius 3 is 2.25 bits per heavy atom. The minimum absolute atomic E-state index is 0.314. The number of hydrogen-bond acceptors (Lipinski definition) is 3. The lowest BCUT2D eigenvalue weighted by molar-refractivity contribution is -0.131. The van der Waals surface area contributed by atoms with Crippen molar-refractivity contribution in [2.75, 3.05) is 7.11 Å². The third-order valence-corrected chi connectivity index (χ3v) is 2.47. The van der Waals surface area contributed by atoms with Crippen LogP contribution in [0, 0.1) is 6.92 Å². The molecule has 1 aromatic carbocycles. The second-order valence-electron chi connectivity index (χ2n) is 4.09. The molecule has 0 bridgehead atoms. The van der Waals surface area contributed by atoms with Crippen LogP contribution in [-0.2, 0) is 4.79 Å². The van der Waals surface area contributed by atoms with E-state index in [1.807, 2.05) is 19.1 Å². The van der Waals surface area contributed by atoms with Crippen molar-refractivity contribution in [3.63, 3.8) is 0 Å². The summed E-state index contributed by atoms with van der Waals surface area (Å²) >= 11 is 0. The molecule has 3 nitrogen and oxygen atoms in total. The summed E-state index contributed by atoms with van der Waals surface area (Å²) in [5, 5.41) is 0. The highest BCUT2D eigenvalue weighted by molar-refractivity contribution is 5.70. The van der Waals surface area contributed by atoms with E-state index in [1.54, 1.807) is 7.11 Å². The molecule has 0 saturated heterocycles. The van der Waals surface area contributed by atoms with Crippen molar-refractivity contribution >= 4 is 5.97 Å². The molecule has 0 fully saturated rings. The van der Waals surface area contributed by atoms with Crippen molar-refractivity contribution in [2.24, 2.45) is 0 Å². The van der Waals surface area contributed by atoms with Crippen LogP contribution >= 0.6 is 0 Å². The Morgan fingerprint density at radius 1 is 1.25 bits per heavy atom. The Balaban J connectivity index is 3.24. The zero-order chi connectivity index (χ0) is 12.3. The Bertz CT molecular complexity index is 394. The first-order valence-corrected chi connectivity index (χ1v) is 5.32. The third kappa shape index (κ3) is 2.75. The molecular weight excluding hydrogens is 204 g/mol. The van der Waals surface area contributed by atoms with Gasteiger partial charge in [-0.2, -0.15) is 0 Å². The number of hydrogen-bond donors (Lipinski definition) is 0. The van der Waals surface area contributed by atoms with Crippen molar-refractivity contribution < 1.29 is 14.3 Å². The van der Waals surface area contributed by atoms with Gasteiger partial charge in [0, 0.05) is 12.5 Å². The smallest absolute Gasteiger partial charge is 0.308 e. The standard InChI is InChI=1S/C13H18O3/c1-8(2)11-6-12(15-5)9(3)13(7-11)16-10(4)14/h6-8H,1-5H3. The molecule has 3 heteroatoms. The number of esters is 1. The molecule has 88 valence electrons. The van der Waals surface area contributed by atoms with Gasteiger partial charge in [-0.3, -0.25) is 4.79 Å². The van der Waals surface area contributed by atoms with Crippen molar-refractivity contribution in [3.05, 3.63) is 23.3 Å². The Kier molecular flexibility index (Phi) is 3.93. The highest BCUT2D eigenvalue weighted by atomic mass is 16.5. The zero-order valence-electron chi connectivity index (χ0n) is 10.5. The second kappa shape index (κ2) is 5.01. The maximum Gasteiger partial charge on any atom is 0.308 e. The Morgan fingerprint density at radius 2 is 1.81 bits per heavy atom. The zero-order valence-corrected chi connectivity index (χ0v) is 10.5. The van der Waals surface area contributed by atoms with Crippen molar-refractivity contribution in [3.8, 4) is 11.5 Å². The summed E-state index contributed by atoms with van der Waals surface area (Å²) in [4.78, 5) is 11.0. The van der Waals surface area contributed by atoms with Gasteiger partial charge in [-0.15, -0.1) is 0 Å². The van der Waals surface area contributed by atoms with Crippen molar-refractivity contribution in [1.29, 1.82) is 0 Å². The molecule has 0 aliphatic rings. The number of benzene rings is 1. The Hall–Kier alpha value is -1.51. The molecule has 1 rings (SSSR count). The van der Waals surface area contributed by atoms with E-state index in [1.165, 1.54) is 6.92 Å². The molecule has 0 spiro atoms. The fourth-order valence-corrected chi connectivity index (χ4v) is 1.49. The van der Waals surface area contributed by atoms with E-state index >= 15 is 0 Å². The van der Waals surface area contributed by atoms with Crippen LogP contribution in [0.25, 0.3) is 0 Å². The number of carbonyl (C=O) groups excluding carboxylic acids is 1. The molecule has 0 aromatic heterocycles. The van der Waals surface area contributed by atoms with E-state index in [4.69, 9.17) is 9.47 Å². The van der Waals surface area contributed by atoms with Gasteiger partial charge in [0.05, 0.1) is 7.11 Å².